The van der Waals surface area contributed by atoms with E-state index in [-0.39, 0.29) is 5.75 Å². The molecule has 0 aliphatic rings. The average molecular weight is 202 g/mol. The smallest absolute Gasteiger partial charge is 0.177 e. The van der Waals surface area contributed by atoms with Gasteiger partial charge in [0, 0.05) is 0 Å². The summed E-state index contributed by atoms with van der Waals surface area (Å²) in [6.07, 6.45) is 0.649. The van der Waals surface area contributed by atoms with Crippen molar-refractivity contribution in [3.63, 3.8) is 0 Å². The first-order valence-electron chi connectivity index (χ1n) is 3.95. The van der Waals surface area contributed by atoms with E-state index >= 15 is 0 Å². The fourth-order valence-corrected chi connectivity index (χ4v) is 1.35. The number of rotatable bonds is 3. The Morgan fingerprint density at radius 1 is 1.54 bits per heavy atom. The van der Waals surface area contributed by atoms with Crippen molar-refractivity contribution in [2.24, 2.45) is 5.73 Å². The number of hydrogen-bond acceptors (Lipinski definition) is 3. The third kappa shape index (κ3) is 2.05. The molecule has 0 saturated carbocycles. The highest BCUT2D eigenvalue weighted by Gasteiger charge is 2.09. The fraction of sp³-hybridized carbons (Fsp3) is 0.333. The van der Waals surface area contributed by atoms with E-state index in [2.05, 4.69) is 0 Å². The van der Waals surface area contributed by atoms with Gasteiger partial charge in [0.05, 0.1) is 12.1 Å². The van der Waals surface area contributed by atoms with E-state index in [1.165, 1.54) is 7.11 Å². The van der Waals surface area contributed by atoms with Crippen molar-refractivity contribution in [3.8, 4) is 11.5 Å². The van der Waals surface area contributed by atoms with Crippen LogP contribution < -0.4 is 10.5 Å². The number of hydrogen-bond donors (Lipinski definition) is 2. The maximum Gasteiger partial charge on any atom is 0.177 e. The maximum absolute atomic E-state index is 9.51. The quantitative estimate of drug-likeness (QED) is 0.781. The summed E-state index contributed by atoms with van der Waals surface area (Å²) in [5.74, 6) is 0.362. The van der Waals surface area contributed by atoms with Gasteiger partial charge in [0.2, 0.25) is 0 Å². The summed E-state index contributed by atoms with van der Waals surface area (Å²) in [6, 6.07) is 3.47. The van der Waals surface area contributed by atoms with E-state index in [1.807, 2.05) is 0 Å². The zero-order valence-electron chi connectivity index (χ0n) is 7.38. The lowest BCUT2D eigenvalue weighted by molar-refractivity contribution is 0.373. The van der Waals surface area contributed by atoms with Crippen molar-refractivity contribution in [1.82, 2.24) is 0 Å². The van der Waals surface area contributed by atoms with Crippen molar-refractivity contribution < 1.29 is 9.84 Å². The molecule has 0 unspecified atom stereocenters. The summed E-state index contributed by atoms with van der Waals surface area (Å²) in [4.78, 5) is 0. The molecule has 0 spiro atoms. The highest BCUT2D eigenvalue weighted by Crippen LogP contribution is 2.36. The maximum atomic E-state index is 9.51. The normalized spacial score (nSPS) is 10.1. The molecule has 3 nitrogen and oxygen atoms in total. The predicted octanol–water partition coefficient (Wildman–Crippen LogP) is 1.56. The summed E-state index contributed by atoms with van der Waals surface area (Å²) in [5, 5.41) is 9.83. The summed E-state index contributed by atoms with van der Waals surface area (Å²) in [5.41, 5.74) is 6.21. The number of phenols is 1. The topological polar surface area (TPSA) is 55.5 Å². The van der Waals surface area contributed by atoms with Crippen LogP contribution in [0.3, 0.4) is 0 Å². The lowest BCUT2D eigenvalue weighted by Gasteiger charge is -2.08. The molecule has 0 aliphatic heterocycles. The van der Waals surface area contributed by atoms with Crippen LogP contribution in [-0.4, -0.2) is 18.8 Å². The minimum atomic E-state index is -0.0184. The molecule has 0 atom stereocenters. The van der Waals surface area contributed by atoms with Gasteiger partial charge in [0.15, 0.2) is 11.5 Å². The van der Waals surface area contributed by atoms with E-state index in [0.29, 0.717) is 23.7 Å². The molecule has 1 aromatic carbocycles. The Morgan fingerprint density at radius 3 is 2.77 bits per heavy atom. The molecular weight excluding hydrogens is 190 g/mol. The minimum absolute atomic E-state index is 0.0184. The highest BCUT2D eigenvalue weighted by atomic mass is 35.5. The molecule has 0 aliphatic carbocycles. The van der Waals surface area contributed by atoms with E-state index in [1.54, 1.807) is 12.1 Å². The number of halogens is 1. The summed E-state index contributed by atoms with van der Waals surface area (Å²) in [6.45, 7) is 0.505. The van der Waals surface area contributed by atoms with Crippen LogP contribution in [0.15, 0.2) is 12.1 Å². The monoisotopic (exact) mass is 201 g/mol. The van der Waals surface area contributed by atoms with Crippen LogP contribution in [0.4, 0.5) is 0 Å². The second kappa shape index (κ2) is 4.35. The second-order valence-corrected chi connectivity index (χ2v) is 3.01. The third-order valence-corrected chi connectivity index (χ3v) is 2.21. The van der Waals surface area contributed by atoms with Crippen LogP contribution in [0, 0.1) is 0 Å². The van der Waals surface area contributed by atoms with E-state index < -0.39 is 0 Å². The Morgan fingerprint density at radius 2 is 2.23 bits per heavy atom. The molecule has 13 heavy (non-hydrogen) atoms. The first-order chi connectivity index (χ1) is 6.20. The first kappa shape index (κ1) is 10.2. The number of ether oxygens (including phenoxy) is 1. The third-order valence-electron chi connectivity index (χ3n) is 1.79. The molecule has 1 aromatic rings. The molecular formula is C9H12ClNO2. The van der Waals surface area contributed by atoms with Crippen LogP contribution in [-0.2, 0) is 6.42 Å². The summed E-state index contributed by atoms with van der Waals surface area (Å²) < 4.78 is 4.89. The standard InChI is InChI=1S/C9H12ClNO2/c1-13-7-3-2-6(4-5-11)8(10)9(7)12/h2-3,12H,4-5,11H2,1H3. The Bertz CT molecular complexity index is 302. The number of aromatic hydroxyl groups is 1. The fourth-order valence-electron chi connectivity index (χ4n) is 1.10. The number of phenolic OH excluding ortho intramolecular Hbond substituents is 1. The lowest BCUT2D eigenvalue weighted by Crippen LogP contribution is -2.03. The van der Waals surface area contributed by atoms with Gasteiger partial charge in [-0.1, -0.05) is 17.7 Å². The SMILES string of the molecule is COc1ccc(CCN)c(Cl)c1O. The molecule has 0 heterocycles. The summed E-state index contributed by atoms with van der Waals surface area (Å²) >= 11 is 5.87. The Hall–Kier alpha value is -0.930. The Labute approximate surface area is 82.1 Å². The van der Waals surface area contributed by atoms with Gasteiger partial charge in [-0.2, -0.15) is 0 Å². The van der Waals surface area contributed by atoms with Crippen LogP contribution in [0.25, 0.3) is 0 Å². The highest BCUT2D eigenvalue weighted by molar-refractivity contribution is 6.33. The zero-order valence-corrected chi connectivity index (χ0v) is 8.14. The molecule has 0 radical (unpaired) electrons. The number of benzene rings is 1. The molecule has 3 N–H and O–H groups in total. The number of nitrogens with two attached hydrogens (primary N) is 1. The van der Waals surface area contributed by atoms with Crippen molar-refractivity contribution in [3.05, 3.63) is 22.7 Å². The van der Waals surface area contributed by atoms with Crippen LogP contribution in [0.1, 0.15) is 5.56 Å². The van der Waals surface area contributed by atoms with Gasteiger partial charge in [-0.15, -0.1) is 0 Å². The van der Waals surface area contributed by atoms with Crippen LogP contribution >= 0.6 is 11.6 Å². The van der Waals surface area contributed by atoms with Gasteiger partial charge < -0.3 is 15.6 Å². The Kier molecular flexibility index (Phi) is 3.39. The van der Waals surface area contributed by atoms with Gasteiger partial charge >= 0.3 is 0 Å². The van der Waals surface area contributed by atoms with Gasteiger partial charge in [-0.3, -0.25) is 0 Å². The number of methoxy groups -OCH3 is 1. The first-order valence-corrected chi connectivity index (χ1v) is 4.33. The van der Waals surface area contributed by atoms with E-state index in [0.717, 1.165) is 5.56 Å². The van der Waals surface area contributed by atoms with Crippen molar-refractivity contribution >= 4 is 11.6 Å². The molecule has 72 valence electrons. The van der Waals surface area contributed by atoms with Crippen LogP contribution in [0.5, 0.6) is 11.5 Å². The van der Waals surface area contributed by atoms with Gasteiger partial charge in [-0.25, -0.2) is 0 Å². The largest absolute Gasteiger partial charge is 0.503 e. The molecule has 0 bridgehead atoms. The summed E-state index contributed by atoms with van der Waals surface area (Å²) in [7, 11) is 1.48. The van der Waals surface area contributed by atoms with E-state index in [9.17, 15) is 5.11 Å². The minimum Gasteiger partial charge on any atom is -0.503 e. The molecule has 0 aromatic heterocycles. The van der Waals surface area contributed by atoms with Gasteiger partial charge in [-0.05, 0) is 24.6 Å². The van der Waals surface area contributed by atoms with Gasteiger partial charge in [0.1, 0.15) is 0 Å². The van der Waals surface area contributed by atoms with Crippen molar-refractivity contribution in [1.29, 1.82) is 0 Å². The van der Waals surface area contributed by atoms with Crippen LogP contribution in [0.2, 0.25) is 5.02 Å². The van der Waals surface area contributed by atoms with Gasteiger partial charge in [0.25, 0.3) is 0 Å². The van der Waals surface area contributed by atoms with Crippen molar-refractivity contribution in [2.75, 3.05) is 13.7 Å². The molecule has 0 saturated heterocycles. The molecule has 0 fully saturated rings. The molecule has 0 amide bonds. The second-order valence-electron chi connectivity index (χ2n) is 2.63. The molecule has 4 heteroatoms. The average Bonchev–Trinajstić information content (AvgIpc) is 2.14. The lowest BCUT2D eigenvalue weighted by atomic mass is 10.1. The molecule has 1 rings (SSSR count). The van der Waals surface area contributed by atoms with E-state index in [4.69, 9.17) is 22.1 Å². The zero-order chi connectivity index (χ0) is 9.84. The van der Waals surface area contributed by atoms with Crippen molar-refractivity contribution in [2.45, 2.75) is 6.42 Å². The predicted molar refractivity (Wildman–Crippen MR) is 52.4 cm³/mol. The Balaban J connectivity index is 3.07.